The van der Waals surface area contributed by atoms with Crippen molar-refractivity contribution in [3.05, 3.63) is 0 Å². The van der Waals surface area contributed by atoms with Gasteiger partial charge in [0.1, 0.15) is 5.90 Å². The average Bonchev–Trinajstić information content (AvgIpc) is 1.78. The number of phosphoric ester groups is 1. The normalized spacial score (nSPS) is 21.2. The molecule has 0 radical (unpaired) electrons. The Hall–Kier alpha value is 0.530. The van der Waals surface area contributed by atoms with Gasteiger partial charge in [-0.1, -0.05) is 0 Å². The van der Waals surface area contributed by atoms with Gasteiger partial charge in [-0.25, -0.2) is 8.88 Å². The Morgan fingerprint density at radius 2 is 1.57 bits per heavy atom. The van der Waals surface area contributed by atoms with Gasteiger partial charge in [0.2, 0.25) is 0 Å². The lowest BCUT2D eigenvalue weighted by atomic mass is 11.8. The summed E-state index contributed by atoms with van der Waals surface area (Å²) in [6.45, 7) is 2.54. The summed E-state index contributed by atoms with van der Waals surface area (Å²) < 4.78 is 41.0. The van der Waals surface area contributed by atoms with Gasteiger partial charge in [-0.2, -0.15) is 0 Å². The van der Waals surface area contributed by atoms with Crippen molar-refractivity contribution in [2.45, 2.75) is 0 Å². The smallest absolute Gasteiger partial charge is 0.324 e. The van der Waals surface area contributed by atoms with Crippen LogP contribution < -0.4 is 0 Å². The molecule has 0 aromatic heterocycles. The third-order valence-corrected chi connectivity index (χ3v) is 7.44. The Balaban J connectivity index is 4.60. The zero-order chi connectivity index (χ0) is 11.6. The molecule has 2 unspecified atom stereocenters. The summed E-state index contributed by atoms with van der Waals surface area (Å²) in [5.41, 5.74) is 0. The largest absolute Gasteiger partial charge is 0.479 e. The SMILES string of the molecule is COP(=O)(O)OP(=O)(O)CP(C)(C)=O. The van der Waals surface area contributed by atoms with E-state index >= 15 is 0 Å². The molecule has 2 atom stereocenters. The maximum Gasteiger partial charge on any atom is 0.479 e. The Kier molecular flexibility index (Phi) is 4.76. The summed E-state index contributed by atoms with van der Waals surface area (Å²) >= 11 is 0. The Morgan fingerprint density at radius 1 is 1.14 bits per heavy atom. The fourth-order valence-corrected chi connectivity index (χ4v) is 6.32. The van der Waals surface area contributed by atoms with Crippen LogP contribution in [0.1, 0.15) is 0 Å². The fraction of sp³-hybridized carbons (Fsp3) is 1.00. The van der Waals surface area contributed by atoms with E-state index in [9.17, 15) is 13.7 Å². The van der Waals surface area contributed by atoms with Crippen molar-refractivity contribution < 1.29 is 32.3 Å². The van der Waals surface area contributed by atoms with Gasteiger partial charge in [-0.05, 0) is 13.3 Å². The highest BCUT2D eigenvalue weighted by Crippen LogP contribution is 2.64. The molecule has 0 aliphatic rings. The highest BCUT2D eigenvalue weighted by molar-refractivity contribution is 7.77. The maximum absolute atomic E-state index is 11.2. The zero-order valence-electron chi connectivity index (χ0n) is 7.98. The quantitative estimate of drug-likeness (QED) is 0.725. The molecule has 10 heteroatoms. The molecule has 0 amide bonds. The second-order valence-electron chi connectivity index (χ2n) is 3.09. The highest BCUT2D eigenvalue weighted by atomic mass is 31.3. The zero-order valence-corrected chi connectivity index (χ0v) is 10.7. The Morgan fingerprint density at radius 3 is 1.86 bits per heavy atom. The summed E-state index contributed by atoms with van der Waals surface area (Å²) in [5, 5.41) is 0. The van der Waals surface area contributed by atoms with Crippen LogP contribution in [0.15, 0.2) is 0 Å². The molecule has 0 aliphatic heterocycles. The monoisotopic (exact) mass is 266 g/mol. The van der Waals surface area contributed by atoms with Gasteiger partial charge in [0.15, 0.2) is 0 Å². The first-order valence-corrected chi connectivity index (χ1v) is 9.48. The molecule has 2 N–H and O–H groups in total. The predicted octanol–water partition coefficient (Wildman–Crippen LogP) is 1.52. The van der Waals surface area contributed by atoms with Crippen LogP contribution in [0.5, 0.6) is 0 Å². The first-order chi connectivity index (χ1) is 5.97. The van der Waals surface area contributed by atoms with Crippen LogP contribution in [0, 0.1) is 0 Å². The van der Waals surface area contributed by atoms with E-state index in [1.807, 2.05) is 0 Å². The van der Waals surface area contributed by atoms with Crippen LogP contribution in [-0.4, -0.2) is 36.1 Å². The van der Waals surface area contributed by atoms with Crippen molar-refractivity contribution in [3.63, 3.8) is 0 Å². The molecule has 0 spiro atoms. The van der Waals surface area contributed by atoms with Gasteiger partial charge >= 0.3 is 15.4 Å². The van der Waals surface area contributed by atoms with E-state index in [0.717, 1.165) is 7.11 Å². The van der Waals surface area contributed by atoms with Crippen LogP contribution in [0.2, 0.25) is 0 Å². The lowest BCUT2D eigenvalue weighted by molar-refractivity contribution is 0.231. The standard InChI is InChI=1S/C4H13O7P3/c1-10-14(8,9)11-13(6,7)4-12(2,3)5/h4H2,1-3H3,(H,6,7)(H,8,9). The van der Waals surface area contributed by atoms with Crippen molar-refractivity contribution >= 4 is 22.6 Å². The van der Waals surface area contributed by atoms with Gasteiger partial charge in [0, 0.05) is 7.11 Å². The van der Waals surface area contributed by atoms with Crippen LogP contribution in [0.3, 0.4) is 0 Å². The maximum atomic E-state index is 11.2. The summed E-state index contributed by atoms with van der Waals surface area (Å²) in [7, 11) is -10.8. The number of hydrogen-bond donors (Lipinski definition) is 2. The molecule has 0 rings (SSSR count). The molecule has 0 bridgehead atoms. The van der Waals surface area contributed by atoms with Gasteiger partial charge in [-0.3, -0.25) is 9.09 Å². The lowest BCUT2D eigenvalue weighted by Gasteiger charge is -2.16. The molecule has 0 aliphatic carbocycles. The third kappa shape index (κ3) is 6.91. The average molecular weight is 266 g/mol. The molecule has 0 aromatic carbocycles. The third-order valence-electron chi connectivity index (χ3n) is 0.981. The second-order valence-corrected chi connectivity index (χ2v) is 10.6. The molecule has 7 nitrogen and oxygen atoms in total. The van der Waals surface area contributed by atoms with Crippen molar-refractivity contribution in [1.29, 1.82) is 0 Å². The first kappa shape index (κ1) is 14.5. The molecule has 0 saturated heterocycles. The summed E-state index contributed by atoms with van der Waals surface area (Å²) in [6.07, 6.45) is 0. The van der Waals surface area contributed by atoms with Crippen molar-refractivity contribution in [2.75, 3.05) is 26.3 Å². The molecule has 0 aromatic rings. The van der Waals surface area contributed by atoms with Crippen LogP contribution in [-0.2, 0) is 22.5 Å². The van der Waals surface area contributed by atoms with E-state index in [-0.39, 0.29) is 0 Å². The van der Waals surface area contributed by atoms with E-state index in [1.54, 1.807) is 0 Å². The summed E-state index contributed by atoms with van der Waals surface area (Å²) in [4.78, 5) is 17.8. The molecule has 86 valence electrons. The van der Waals surface area contributed by atoms with E-state index in [0.29, 0.717) is 0 Å². The minimum atomic E-state index is -4.52. The summed E-state index contributed by atoms with van der Waals surface area (Å²) in [5.74, 6) is -0.659. The molecule has 0 heterocycles. The van der Waals surface area contributed by atoms with Gasteiger partial charge < -0.3 is 14.4 Å². The number of hydrogen-bond acceptors (Lipinski definition) is 5. The van der Waals surface area contributed by atoms with Crippen molar-refractivity contribution in [3.8, 4) is 0 Å². The van der Waals surface area contributed by atoms with Gasteiger partial charge in [-0.15, -0.1) is 0 Å². The fourth-order valence-electron chi connectivity index (χ4n) is 0.651. The highest BCUT2D eigenvalue weighted by Gasteiger charge is 2.35. The summed E-state index contributed by atoms with van der Waals surface area (Å²) in [6, 6.07) is 0. The first-order valence-electron chi connectivity index (χ1n) is 3.43. The van der Waals surface area contributed by atoms with Crippen molar-refractivity contribution in [1.82, 2.24) is 0 Å². The minimum absolute atomic E-state index is 0.659. The molecule has 0 fully saturated rings. The number of phosphoric acid groups is 1. The topological polar surface area (TPSA) is 110 Å². The van der Waals surface area contributed by atoms with E-state index in [2.05, 4.69) is 8.83 Å². The van der Waals surface area contributed by atoms with E-state index < -0.39 is 28.5 Å². The van der Waals surface area contributed by atoms with Crippen LogP contribution >= 0.6 is 22.6 Å². The number of rotatable bonds is 5. The van der Waals surface area contributed by atoms with Crippen LogP contribution in [0.4, 0.5) is 0 Å². The molecular weight excluding hydrogens is 253 g/mol. The van der Waals surface area contributed by atoms with Gasteiger partial charge in [0.25, 0.3) is 0 Å². The lowest BCUT2D eigenvalue weighted by Crippen LogP contribution is -1.95. The molecular formula is C4H13O7P3. The van der Waals surface area contributed by atoms with E-state index in [4.69, 9.17) is 9.79 Å². The van der Waals surface area contributed by atoms with Crippen LogP contribution in [0.25, 0.3) is 0 Å². The molecule has 0 saturated carbocycles. The Bertz CT molecular complexity index is 330. The minimum Gasteiger partial charge on any atom is -0.324 e. The van der Waals surface area contributed by atoms with E-state index in [1.165, 1.54) is 13.3 Å². The Labute approximate surface area is 82.0 Å². The van der Waals surface area contributed by atoms with Crippen molar-refractivity contribution in [2.24, 2.45) is 0 Å². The van der Waals surface area contributed by atoms with Gasteiger partial charge in [0.05, 0.1) is 7.14 Å². The second kappa shape index (κ2) is 4.58. The predicted molar refractivity (Wildman–Crippen MR) is 52.1 cm³/mol. The molecule has 14 heavy (non-hydrogen) atoms.